The highest BCUT2D eigenvalue weighted by molar-refractivity contribution is 7.80. The standard InChI is InChI=1S/C19H19N5O2S/c1-3-24-18(26)15-10-5-4-9-14(15)16(23-24)17(25)21-22-19(27)20-13-8-6-7-12(2)11-13/h4-11H,3H2,1-2H3,(H,21,25)(H2,20,22,27). The number of hydrogen-bond acceptors (Lipinski definition) is 4. The van der Waals surface area contributed by atoms with Crippen LogP contribution in [0.15, 0.2) is 53.3 Å². The molecule has 0 aliphatic carbocycles. The predicted molar refractivity (Wildman–Crippen MR) is 110 cm³/mol. The van der Waals surface area contributed by atoms with Gasteiger partial charge in [-0.3, -0.25) is 20.4 Å². The molecule has 0 fully saturated rings. The van der Waals surface area contributed by atoms with Gasteiger partial charge in [0.15, 0.2) is 10.8 Å². The van der Waals surface area contributed by atoms with Gasteiger partial charge in [0.2, 0.25) is 0 Å². The number of benzene rings is 2. The predicted octanol–water partition coefficient (Wildman–Crippen LogP) is 2.36. The first kappa shape index (κ1) is 18.5. The van der Waals surface area contributed by atoms with Crippen molar-refractivity contribution in [2.75, 3.05) is 5.32 Å². The van der Waals surface area contributed by atoms with E-state index in [4.69, 9.17) is 12.2 Å². The van der Waals surface area contributed by atoms with Gasteiger partial charge in [-0.2, -0.15) is 5.10 Å². The first-order valence-corrected chi connectivity index (χ1v) is 8.84. The van der Waals surface area contributed by atoms with Gasteiger partial charge in [0, 0.05) is 17.6 Å². The van der Waals surface area contributed by atoms with E-state index in [2.05, 4.69) is 21.3 Å². The molecule has 2 aromatic carbocycles. The van der Waals surface area contributed by atoms with Crippen molar-refractivity contribution in [1.29, 1.82) is 0 Å². The highest BCUT2D eigenvalue weighted by Crippen LogP contribution is 2.13. The number of carbonyl (C=O) groups excluding carboxylic acids is 1. The zero-order valence-electron chi connectivity index (χ0n) is 14.9. The largest absolute Gasteiger partial charge is 0.331 e. The molecule has 3 N–H and O–H groups in total. The van der Waals surface area contributed by atoms with Gasteiger partial charge in [-0.25, -0.2) is 4.68 Å². The monoisotopic (exact) mass is 381 g/mol. The van der Waals surface area contributed by atoms with Crippen LogP contribution in [0.2, 0.25) is 0 Å². The summed E-state index contributed by atoms with van der Waals surface area (Å²) in [6, 6.07) is 14.6. The number of nitrogens with one attached hydrogen (secondary N) is 3. The van der Waals surface area contributed by atoms with E-state index in [9.17, 15) is 9.59 Å². The second kappa shape index (κ2) is 7.96. The lowest BCUT2D eigenvalue weighted by atomic mass is 10.1. The Bertz CT molecular complexity index is 1080. The fraction of sp³-hybridized carbons (Fsp3) is 0.158. The van der Waals surface area contributed by atoms with Gasteiger partial charge in [0.1, 0.15) is 0 Å². The van der Waals surface area contributed by atoms with Crippen molar-refractivity contribution in [1.82, 2.24) is 20.6 Å². The van der Waals surface area contributed by atoms with E-state index >= 15 is 0 Å². The quantitative estimate of drug-likeness (QED) is 0.477. The van der Waals surface area contributed by atoms with Crippen molar-refractivity contribution < 1.29 is 4.79 Å². The lowest BCUT2D eigenvalue weighted by Gasteiger charge is -2.13. The molecule has 0 saturated heterocycles. The Morgan fingerprint density at radius 2 is 1.85 bits per heavy atom. The van der Waals surface area contributed by atoms with Gasteiger partial charge in [0.25, 0.3) is 11.5 Å². The van der Waals surface area contributed by atoms with Crippen LogP contribution < -0.4 is 21.7 Å². The van der Waals surface area contributed by atoms with Gasteiger partial charge in [-0.05, 0) is 49.8 Å². The van der Waals surface area contributed by atoms with Crippen molar-refractivity contribution in [3.8, 4) is 0 Å². The topological polar surface area (TPSA) is 88.1 Å². The third-order valence-electron chi connectivity index (χ3n) is 3.95. The molecule has 7 nitrogen and oxygen atoms in total. The third-order valence-corrected chi connectivity index (χ3v) is 4.15. The van der Waals surface area contributed by atoms with E-state index in [0.717, 1.165) is 11.3 Å². The number of nitrogens with zero attached hydrogens (tertiary/aromatic N) is 2. The molecule has 0 aliphatic rings. The first-order valence-electron chi connectivity index (χ1n) is 8.43. The summed E-state index contributed by atoms with van der Waals surface area (Å²) in [4.78, 5) is 25.0. The second-order valence-electron chi connectivity index (χ2n) is 5.92. The molecule has 3 rings (SSSR count). The molecule has 3 aromatic rings. The number of anilines is 1. The smallest absolute Gasteiger partial charge is 0.290 e. The molecule has 0 saturated carbocycles. The van der Waals surface area contributed by atoms with Crippen LogP contribution in [0.5, 0.6) is 0 Å². The number of fused-ring (bicyclic) bond motifs is 1. The average Bonchev–Trinajstić information content (AvgIpc) is 2.67. The molecule has 0 aliphatic heterocycles. The molecular weight excluding hydrogens is 362 g/mol. The van der Waals surface area contributed by atoms with Gasteiger partial charge in [-0.15, -0.1) is 0 Å². The Labute approximate surface area is 161 Å². The van der Waals surface area contributed by atoms with Crippen LogP contribution in [-0.4, -0.2) is 20.8 Å². The fourth-order valence-corrected chi connectivity index (χ4v) is 2.84. The molecule has 1 aromatic heterocycles. The molecule has 27 heavy (non-hydrogen) atoms. The SMILES string of the molecule is CCn1nc(C(=O)NNC(=S)Nc2cccc(C)c2)c2ccccc2c1=O. The molecule has 0 atom stereocenters. The lowest BCUT2D eigenvalue weighted by Crippen LogP contribution is -2.44. The van der Waals surface area contributed by atoms with Gasteiger partial charge < -0.3 is 5.32 Å². The van der Waals surface area contributed by atoms with E-state index in [1.165, 1.54) is 4.68 Å². The molecule has 1 heterocycles. The summed E-state index contributed by atoms with van der Waals surface area (Å²) in [7, 11) is 0. The summed E-state index contributed by atoms with van der Waals surface area (Å²) < 4.78 is 1.26. The van der Waals surface area contributed by atoms with E-state index in [-0.39, 0.29) is 16.4 Å². The minimum absolute atomic E-state index is 0.151. The van der Waals surface area contributed by atoms with E-state index in [1.54, 1.807) is 31.2 Å². The van der Waals surface area contributed by atoms with Crippen molar-refractivity contribution >= 4 is 39.7 Å². The number of thiocarbonyl (C=S) groups is 1. The molecule has 0 unspecified atom stereocenters. The number of aryl methyl sites for hydroxylation is 2. The summed E-state index contributed by atoms with van der Waals surface area (Å²) in [5.41, 5.74) is 7.01. The summed E-state index contributed by atoms with van der Waals surface area (Å²) in [5.74, 6) is -0.484. The van der Waals surface area contributed by atoms with E-state index in [1.807, 2.05) is 31.2 Å². The van der Waals surface area contributed by atoms with Crippen molar-refractivity contribution in [2.45, 2.75) is 20.4 Å². The Kier molecular flexibility index (Phi) is 5.46. The minimum Gasteiger partial charge on any atom is -0.331 e. The maximum atomic E-state index is 12.6. The molecule has 0 radical (unpaired) electrons. The maximum absolute atomic E-state index is 12.6. The number of rotatable bonds is 3. The summed E-state index contributed by atoms with van der Waals surface area (Å²) in [6.45, 7) is 4.14. The van der Waals surface area contributed by atoms with Crippen molar-refractivity contribution in [3.05, 3.63) is 70.1 Å². The van der Waals surface area contributed by atoms with Gasteiger partial charge >= 0.3 is 0 Å². The normalized spacial score (nSPS) is 10.4. The number of aromatic nitrogens is 2. The third kappa shape index (κ3) is 4.12. The highest BCUT2D eigenvalue weighted by atomic mass is 32.1. The first-order chi connectivity index (χ1) is 13.0. The van der Waals surface area contributed by atoms with Crippen molar-refractivity contribution in [2.24, 2.45) is 0 Å². The Hall–Kier alpha value is -3.26. The summed E-state index contributed by atoms with van der Waals surface area (Å²) in [5, 5.41) is 8.34. The van der Waals surface area contributed by atoms with Crippen LogP contribution in [0.3, 0.4) is 0 Å². The molecular formula is C19H19N5O2S. The van der Waals surface area contributed by atoms with Crippen LogP contribution in [0, 0.1) is 6.92 Å². The van der Waals surface area contributed by atoms with Crippen molar-refractivity contribution in [3.63, 3.8) is 0 Å². The van der Waals surface area contributed by atoms with Gasteiger partial charge in [0.05, 0.1) is 5.39 Å². The lowest BCUT2D eigenvalue weighted by molar-refractivity contribution is 0.0938. The number of amides is 1. The number of hydrogen-bond donors (Lipinski definition) is 3. The number of carbonyl (C=O) groups is 1. The van der Waals surface area contributed by atoms with Crippen LogP contribution in [-0.2, 0) is 6.54 Å². The summed E-state index contributed by atoms with van der Waals surface area (Å²) in [6.07, 6.45) is 0. The number of hydrazine groups is 1. The van der Waals surface area contributed by atoms with Crippen LogP contribution in [0.4, 0.5) is 5.69 Å². The minimum atomic E-state index is -0.484. The molecule has 0 bridgehead atoms. The molecule has 0 spiro atoms. The van der Waals surface area contributed by atoms with E-state index < -0.39 is 5.91 Å². The zero-order chi connectivity index (χ0) is 19.4. The summed E-state index contributed by atoms with van der Waals surface area (Å²) >= 11 is 5.20. The second-order valence-corrected chi connectivity index (χ2v) is 6.33. The Balaban J connectivity index is 1.77. The fourth-order valence-electron chi connectivity index (χ4n) is 2.68. The van der Waals surface area contributed by atoms with Crippen LogP contribution >= 0.6 is 12.2 Å². The van der Waals surface area contributed by atoms with Crippen LogP contribution in [0.25, 0.3) is 10.8 Å². The Morgan fingerprint density at radius 3 is 2.56 bits per heavy atom. The molecule has 8 heteroatoms. The van der Waals surface area contributed by atoms with Crippen LogP contribution in [0.1, 0.15) is 23.0 Å². The maximum Gasteiger partial charge on any atom is 0.290 e. The van der Waals surface area contributed by atoms with E-state index in [0.29, 0.717) is 17.3 Å². The van der Waals surface area contributed by atoms with Gasteiger partial charge in [-0.1, -0.05) is 30.3 Å². The molecule has 138 valence electrons. The highest BCUT2D eigenvalue weighted by Gasteiger charge is 2.16. The average molecular weight is 381 g/mol. The molecule has 1 amide bonds. The Morgan fingerprint density at radius 1 is 1.11 bits per heavy atom. The zero-order valence-corrected chi connectivity index (χ0v) is 15.8.